The molecular weight excluding hydrogens is 200 g/mol. The van der Waals surface area contributed by atoms with Crippen LogP contribution in [0.1, 0.15) is 33.6 Å². The maximum atomic E-state index is 11.7. The molecule has 3 heteroatoms. The first-order chi connectivity index (χ1) is 7.52. The summed E-state index contributed by atoms with van der Waals surface area (Å²) in [7, 11) is 3.64. The summed E-state index contributed by atoms with van der Waals surface area (Å²) in [6.07, 6.45) is 2.11. The van der Waals surface area contributed by atoms with Crippen molar-refractivity contribution in [2.24, 2.45) is 5.92 Å². The quantitative estimate of drug-likeness (QED) is 0.721. The molecule has 0 saturated carbocycles. The van der Waals surface area contributed by atoms with Gasteiger partial charge in [-0.2, -0.15) is 0 Å². The molecule has 0 aromatic carbocycles. The van der Waals surface area contributed by atoms with E-state index in [1.807, 2.05) is 34.9 Å². The summed E-state index contributed by atoms with van der Waals surface area (Å²) in [4.78, 5) is 15.6. The lowest BCUT2D eigenvalue weighted by molar-refractivity contribution is -0.134. The Labute approximate surface area is 100 Å². The molecule has 1 aliphatic rings. The highest BCUT2D eigenvalue weighted by Crippen LogP contribution is 2.20. The van der Waals surface area contributed by atoms with Crippen molar-refractivity contribution in [1.29, 1.82) is 0 Å². The van der Waals surface area contributed by atoms with Crippen LogP contribution in [0.4, 0.5) is 0 Å². The van der Waals surface area contributed by atoms with Crippen molar-refractivity contribution >= 4 is 5.91 Å². The fraction of sp³-hybridized carbons (Fsp3) is 0.769. The molecule has 0 N–H and O–H groups in total. The van der Waals surface area contributed by atoms with Crippen molar-refractivity contribution in [2.45, 2.75) is 33.6 Å². The van der Waals surface area contributed by atoms with Gasteiger partial charge in [-0.15, -0.1) is 0 Å². The fourth-order valence-corrected chi connectivity index (χ4v) is 1.89. The third-order valence-electron chi connectivity index (χ3n) is 2.75. The van der Waals surface area contributed by atoms with Crippen molar-refractivity contribution in [1.82, 2.24) is 9.80 Å². The highest BCUT2D eigenvalue weighted by molar-refractivity contribution is 5.78. The van der Waals surface area contributed by atoms with Gasteiger partial charge in [-0.05, 0) is 19.8 Å². The summed E-state index contributed by atoms with van der Waals surface area (Å²) < 4.78 is 0. The Balaban J connectivity index is 0.00000106. The van der Waals surface area contributed by atoms with Crippen LogP contribution in [0.15, 0.2) is 12.3 Å². The first-order valence-corrected chi connectivity index (χ1v) is 6.14. The largest absolute Gasteiger partial charge is 0.375 e. The molecule has 1 saturated heterocycles. The maximum Gasteiger partial charge on any atom is 0.226 e. The van der Waals surface area contributed by atoms with E-state index in [1.165, 1.54) is 0 Å². The summed E-state index contributed by atoms with van der Waals surface area (Å²) in [5.74, 6) is 0.409. The molecule has 16 heavy (non-hydrogen) atoms. The van der Waals surface area contributed by atoms with Crippen LogP contribution in [-0.4, -0.2) is 42.9 Å². The van der Waals surface area contributed by atoms with Gasteiger partial charge in [-0.1, -0.05) is 20.4 Å². The Morgan fingerprint density at radius 1 is 1.38 bits per heavy atom. The van der Waals surface area contributed by atoms with E-state index < -0.39 is 0 Å². The normalized spacial score (nSPS) is 19.6. The summed E-state index contributed by atoms with van der Waals surface area (Å²) in [6.45, 7) is 11.8. The van der Waals surface area contributed by atoms with Crippen molar-refractivity contribution in [3.8, 4) is 0 Å². The van der Waals surface area contributed by atoms with E-state index in [2.05, 4.69) is 11.5 Å². The second kappa shape index (κ2) is 7.31. The maximum absolute atomic E-state index is 11.7. The van der Waals surface area contributed by atoms with E-state index >= 15 is 0 Å². The monoisotopic (exact) mass is 226 g/mol. The Kier molecular flexibility index (Phi) is 6.86. The first-order valence-electron chi connectivity index (χ1n) is 6.14. The van der Waals surface area contributed by atoms with Crippen molar-refractivity contribution in [3.05, 3.63) is 12.3 Å². The predicted molar refractivity (Wildman–Crippen MR) is 69.2 cm³/mol. The number of likely N-dealkylation sites (tertiary alicyclic amines) is 1. The predicted octanol–water partition coefficient (Wildman–Crippen LogP) is 2.35. The standard InChI is InChI=1S/C11H20N2O.C2H6/c1-9(2)13-7-5-6-10(8-13)11(14)12(3)4;1-2/h10H,1,5-8H2,2-4H3;1-2H3. The Hall–Kier alpha value is -0.990. The number of hydrogen-bond donors (Lipinski definition) is 0. The topological polar surface area (TPSA) is 23.6 Å². The van der Waals surface area contributed by atoms with Gasteiger partial charge in [0.15, 0.2) is 0 Å². The number of rotatable bonds is 2. The third-order valence-corrected chi connectivity index (χ3v) is 2.75. The minimum absolute atomic E-state index is 0.162. The van der Waals surface area contributed by atoms with Gasteiger partial charge < -0.3 is 9.80 Å². The van der Waals surface area contributed by atoms with Crippen LogP contribution in [0, 0.1) is 5.92 Å². The van der Waals surface area contributed by atoms with Gasteiger partial charge in [0.05, 0.1) is 5.92 Å². The van der Waals surface area contributed by atoms with Gasteiger partial charge in [0.1, 0.15) is 0 Å². The van der Waals surface area contributed by atoms with E-state index in [0.717, 1.165) is 31.6 Å². The molecule has 0 aromatic heterocycles. The van der Waals surface area contributed by atoms with Gasteiger partial charge in [-0.25, -0.2) is 0 Å². The molecule has 1 rings (SSSR count). The first kappa shape index (κ1) is 15.0. The van der Waals surface area contributed by atoms with Crippen LogP contribution in [0.3, 0.4) is 0 Å². The summed E-state index contributed by atoms with van der Waals surface area (Å²) in [5, 5.41) is 0. The highest BCUT2D eigenvalue weighted by atomic mass is 16.2. The third kappa shape index (κ3) is 4.25. The second-order valence-corrected chi connectivity index (χ2v) is 4.25. The van der Waals surface area contributed by atoms with Crippen LogP contribution in [-0.2, 0) is 4.79 Å². The molecule has 1 fully saturated rings. The van der Waals surface area contributed by atoms with E-state index in [9.17, 15) is 4.79 Å². The van der Waals surface area contributed by atoms with E-state index in [0.29, 0.717) is 0 Å². The average molecular weight is 226 g/mol. The van der Waals surface area contributed by atoms with Gasteiger partial charge in [0.25, 0.3) is 0 Å². The molecule has 0 radical (unpaired) electrons. The van der Waals surface area contributed by atoms with Crippen molar-refractivity contribution < 1.29 is 4.79 Å². The number of carbonyl (C=O) groups excluding carboxylic acids is 1. The molecule has 3 nitrogen and oxygen atoms in total. The Morgan fingerprint density at radius 3 is 2.38 bits per heavy atom. The summed E-state index contributed by atoms with van der Waals surface area (Å²) in [6, 6.07) is 0. The molecule has 0 aliphatic carbocycles. The smallest absolute Gasteiger partial charge is 0.226 e. The molecular formula is C13H26N2O. The number of piperidine rings is 1. The number of hydrogen-bond acceptors (Lipinski definition) is 2. The molecule has 1 aliphatic heterocycles. The molecule has 1 atom stereocenters. The molecule has 0 spiro atoms. The highest BCUT2D eigenvalue weighted by Gasteiger charge is 2.26. The molecule has 1 unspecified atom stereocenters. The van der Waals surface area contributed by atoms with Crippen molar-refractivity contribution in [3.63, 3.8) is 0 Å². The van der Waals surface area contributed by atoms with Gasteiger partial charge in [0.2, 0.25) is 5.91 Å². The van der Waals surface area contributed by atoms with Crippen LogP contribution < -0.4 is 0 Å². The fourth-order valence-electron chi connectivity index (χ4n) is 1.89. The lowest BCUT2D eigenvalue weighted by atomic mass is 9.96. The summed E-state index contributed by atoms with van der Waals surface area (Å²) >= 11 is 0. The van der Waals surface area contributed by atoms with E-state index in [1.54, 1.807) is 4.90 Å². The zero-order valence-corrected chi connectivity index (χ0v) is 11.4. The lowest BCUT2D eigenvalue weighted by Crippen LogP contribution is -2.41. The van der Waals surface area contributed by atoms with Crippen LogP contribution in [0.5, 0.6) is 0 Å². The molecule has 0 bridgehead atoms. The van der Waals surface area contributed by atoms with E-state index in [4.69, 9.17) is 0 Å². The van der Waals surface area contributed by atoms with Gasteiger partial charge in [0, 0.05) is 32.9 Å². The molecule has 94 valence electrons. The number of nitrogens with zero attached hydrogens (tertiary/aromatic N) is 2. The summed E-state index contributed by atoms with van der Waals surface area (Å²) in [5.41, 5.74) is 1.07. The van der Waals surface area contributed by atoms with Gasteiger partial charge in [-0.3, -0.25) is 4.79 Å². The number of allylic oxidation sites excluding steroid dienone is 1. The SMILES string of the molecule is C=C(C)N1CCCC(C(=O)N(C)C)C1.CC. The number of amides is 1. The lowest BCUT2D eigenvalue weighted by Gasteiger charge is -2.34. The zero-order chi connectivity index (χ0) is 12.7. The molecule has 1 amide bonds. The Morgan fingerprint density at radius 2 is 1.94 bits per heavy atom. The van der Waals surface area contributed by atoms with E-state index in [-0.39, 0.29) is 11.8 Å². The second-order valence-electron chi connectivity index (χ2n) is 4.25. The van der Waals surface area contributed by atoms with Crippen LogP contribution >= 0.6 is 0 Å². The molecule has 0 aromatic rings. The van der Waals surface area contributed by atoms with Crippen molar-refractivity contribution in [2.75, 3.05) is 27.2 Å². The van der Waals surface area contributed by atoms with Crippen LogP contribution in [0.2, 0.25) is 0 Å². The minimum atomic E-state index is 0.162. The Bertz CT molecular complexity index is 236. The van der Waals surface area contributed by atoms with Crippen LogP contribution in [0.25, 0.3) is 0 Å². The van der Waals surface area contributed by atoms with Gasteiger partial charge >= 0.3 is 0 Å². The minimum Gasteiger partial charge on any atom is -0.375 e. The zero-order valence-electron chi connectivity index (χ0n) is 11.4. The number of carbonyl (C=O) groups is 1. The average Bonchev–Trinajstić information content (AvgIpc) is 2.30. The molecule has 1 heterocycles.